The Labute approximate surface area is 594 Å². The second-order valence-corrected chi connectivity index (χ2v) is 28.3. The molecule has 0 atom stereocenters. The van der Waals surface area contributed by atoms with Crippen LogP contribution in [0.15, 0.2) is 328 Å². The van der Waals surface area contributed by atoms with E-state index in [1.165, 1.54) is 145 Å². The van der Waals surface area contributed by atoms with Gasteiger partial charge in [-0.05, 0) is 91.3 Å². The fraction of sp³-hybridized carbons (Fsp3) is 0. The monoisotopic (exact) mass is 1340 g/mol. The van der Waals surface area contributed by atoms with E-state index in [2.05, 4.69) is 256 Å². The first-order chi connectivity index (χ1) is 50.0. The van der Waals surface area contributed by atoms with Gasteiger partial charge in [-0.2, -0.15) is 0 Å². The van der Waals surface area contributed by atoms with E-state index in [4.69, 9.17) is 21.6 Å². The third kappa shape index (κ3) is 9.97. The maximum atomic E-state index is 6.10. The first-order valence-corrected chi connectivity index (χ1v) is 35.9. The molecule has 0 fully saturated rings. The second-order valence-electron chi connectivity index (χ2n) is 25.8. The zero-order chi connectivity index (χ0) is 66.7. The van der Waals surface area contributed by atoms with Crippen molar-refractivity contribution in [1.82, 2.24) is 29.5 Å². The third-order valence-corrected chi connectivity index (χ3v) is 22.4. The van der Waals surface area contributed by atoms with Crippen LogP contribution in [0, 0.1) is 0 Å². The summed E-state index contributed by atoms with van der Waals surface area (Å²) in [5.41, 5.74) is 23.2. The predicted octanol–water partition coefficient (Wildman–Crippen LogP) is 26.1. The van der Waals surface area contributed by atoms with Crippen LogP contribution in [-0.4, -0.2) is 29.5 Å². The number of halogens is 1. The first kappa shape index (κ1) is 58.7. The Morgan fingerprint density at radius 2 is 0.733 bits per heavy atom. The van der Waals surface area contributed by atoms with Crippen molar-refractivity contribution < 1.29 is 0 Å². The van der Waals surface area contributed by atoms with E-state index in [0.29, 0.717) is 16.8 Å². The van der Waals surface area contributed by atoms with Crippen LogP contribution >= 0.6 is 34.3 Å². The Kier molecular flexibility index (Phi) is 13.9. The van der Waals surface area contributed by atoms with Gasteiger partial charge in [0, 0.05) is 113 Å². The molecule has 0 aliphatic heterocycles. The number of aromatic amines is 1. The lowest BCUT2D eigenvalue weighted by Gasteiger charge is -2.14. The number of nitrogens with one attached hydrogen (secondary N) is 1. The van der Waals surface area contributed by atoms with Gasteiger partial charge in [0.15, 0.2) is 11.6 Å². The molecule has 472 valence electrons. The first-order valence-electron chi connectivity index (χ1n) is 33.8. The van der Waals surface area contributed by atoms with Crippen molar-refractivity contribution in [3.05, 3.63) is 333 Å². The molecule has 6 heterocycles. The summed E-state index contributed by atoms with van der Waals surface area (Å²) >= 11 is 9.83. The van der Waals surface area contributed by atoms with Crippen LogP contribution in [0.25, 0.3) is 202 Å². The van der Waals surface area contributed by atoms with Crippen molar-refractivity contribution in [2.45, 2.75) is 0 Å². The topological polar surface area (TPSA) is 72.3 Å². The molecule has 6 nitrogen and oxygen atoms in total. The lowest BCUT2D eigenvalue weighted by Crippen LogP contribution is -2.04. The zero-order valence-electron chi connectivity index (χ0n) is 54.1. The van der Waals surface area contributed by atoms with E-state index < -0.39 is 0 Å². The molecule has 14 aromatic carbocycles. The molecular formula is C92H55ClN6S2. The summed E-state index contributed by atoms with van der Waals surface area (Å²) in [4.78, 5) is 23.1. The molecule has 0 spiro atoms. The smallest absolute Gasteiger partial charge is 0.162 e. The molecule has 0 saturated carbocycles. The minimum Gasteiger partial charge on any atom is -0.354 e. The van der Waals surface area contributed by atoms with Crippen molar-refractivity contribution in [3.8, 4) is 118 Å². The number of hydrogen-bond donors (Lipinski definition) is 1. The number of hydrogen-bond acceptors (Lipinski definition) is 6. The highest BCUT2D eigenvalue weighted by Crippen LogP contribution is 2.54. The Hall–Kier alpha value is -12.4. The van der Waals surface area contributed by atoms with Crippen LogP contribution in [0.4, 0.5) is 0 Å². The molecule has 101 heavy (non-hydrogen) atoms. The van der Waals surface area contributed by atoms with Gasteiger partial charge in [-0.15, -0.1) is 22.7 Å². The highest BCUT2D eigenvalue weighted by atomic mass is 35.5. The zero-order valence-corrected chi connectivity index (χ0v) is 56.5. The minimum atomic E-state index is 0.452. The molecule has 1 N–H and O–H groups in total. The van der Waals surface area contributed by atoms with E-state index in [1.807, 2.05) is 108 Å². The van der Waals surface area contributed by atoms with Crippen LogP contribution in [0.5, 0.6) is 0 Å². The number of fused-ring (bicyclic) bond motifs is 16. The standard InChI is InChI=1S/C46H27N3S.C30H17NS.C16H11ClN2/c1-3-11-28(12-4-1)38-27-42(48-46(47-38)30-13-5-2-6-14-30)49-39-25-31(32-21-23-34-33-17-7-8-20-40(33)50-41(34)26-32)22-24-35(39)44-36-18-9-15-29-16-10-19-37(43(29)36)45(44)49;1-2-10-26-20(7-1)21-13-11-19(16-27(21)32-26)18-12-14-22-25(15-18)31-30-24-9-4-6-17-5-3-8-23(28(17)24)29(22)30;17-15-11-14(12-7-3-1-4-8-12)18-16(19-15)13-9-5-2-6-10-13/h1-27H;1-16,31H;1-11H. The summed E-state index contributed by atoms with van der Waals surface area (Å²) in [5.74, 6) is 2.20. The van der Waals surface area contributed by atoms with Gasteiger partial charge in [0.2, 0.25) is 0 Å². The molecule has 0 amide bonds. The van der Waals surface area contributed by atoms with Crippen molar-refractivity contribution in [3.63, 3.8) is 0 Å². The Balaban J connectivity index is 0.000000114. The molecule has 20 aromatic rings. The molecule has 2 aliphatic rings. The average Bonchev–Trinajstić information content (AvgIpc) is 1.54. The van der Waals surface area contributed by atoms with Gasteiger partial charge in [0.1, 0.15) is 11.0 Å². The molecule has 0 radical (unpaired) electrons. The normalized spacial score (nSPS) is 11.8. The van der Waals surface area contributed by atoms with Crippen molar-refractivity contribution in [2.75, 3.05) is 0 Å². The summed E-state index contributed by atoms with van der Waals surface area (Å²) in [6.45, 7) is 0. The maximum Gasteiger partial charge on any atom is 0.162 e. The van der Waals surface area contributed by atoms with Crippen molar-refractivity contribution in [1.29, 1.82) is 0 Å². The van der Waals surface area contributed by atoms with E-state index in [1.54, 1.807) is 6.07 Å². The van der Waals surface area contributed by atoms with Gasteiger partial charge in [-0.1, -0.05) is 291 Å². The van der Waals surface area contributed by atoms with Gasteiger partial charge >= 0.3 is 0 Å². The van der Waals surface area contributed by atoms with Crippen LogP contribution in [0.2, 0.25) is 5.15 Å². The van der Waals surface area contributed by atoms with E-state index >= 15 is 0 Å². The molecule has 2 aliphatic carbocycles. The molecule has 0 saturated heterocycles. The SMILES string of the molecule is Clc1cc(-c2ccccc2)nc(-c2ccccc2)n1.c1cc2c3c(cccc3c1)-c1c-2[nH]c2cc(-c3ccc4c(c3)sc3ccccc34)ccc12.c1ccc(-c2cc(-n3c4c(c5ccc(-c6ccc7c(c6)sc6ccccc67)cc53)-c3cccc5cccc-4c35)nc(-c3ccccc3)n2)cc1. The summed E-state index contributed by atoms with van der Waals surface area (Å²) in [7, 11) is 0. The van der Waals surface area contributed by atoms with Gasteiger partial charge in [-0.25, -0.2) is 19.9 Å². The van der Waals surface area contributed by atoms with Crippen molar-refractivity contribution >= 4 is 118 Å². The van der Waals surface area contributed by atoms with Crippen LogP contribution < -0.4 is 0 Å². The summed E-state index contributed by atoms with van der Waals surface area (Å²) in [5, 5.41) is 13.5. The quantitative estimate of drug-likeness (QED) is 0.161. The minimum absolute atomic E-state index is 0.452. The second kappa shape index (κ2) is 23.9. The fourth-order valence-electron chi connectivity index (χ4n) is 15.3. The van der Waals surface area contributed by atoms with Gasteiger partial charge < -0.3 is 4.98 Å². The van der Waals surface area contributed by atoms with E-state index in [9.17, 15) is 0 Å². The number of nitrogens with zero attached hydrogens (tertiary/aromatic N) is 5. The fourth-order valence-corrected chi connectivity index (χ4v) is 17.8. The third-order valence-electron chi connectivity index (χ3n) is 19.9. The van der Waals surface area contributed by atoms with E-state index in [0.717, 1.165) is 45.0 Å². The maximum absolute atomic E-state index is 6.10. The molecule has 0 bridgehead atoms. The molecule has 22 rings (SSSR count). The molecule has 9 heteroatoms. The predicted molar refractivity (Wildman–Crippen MR) is 426 cm³/mol. The highest BCUT2D eigenvalue weighted by Gasteiger charge is 2.31. The molecule has 6 aromatic heterocycles. The van der Waals surface area contributed by atoms with Gasteiger partial charge in [0.25, 0.3) is 0 Å². The van der Waals surface area contributed by atoms with Crippen LogP contribution in [-0.2, 0) is 0 Å². The number of H-pyrrole nitrogens is 1. The van der Waals surface area contributed by atoms with E-state index in [-0.39, 0.29) is 0 Å². The lowest BCUT2D eigenvalue weighted by molar-refractivity contribution is 1.03. The summed E-state index contributed by atoms with van der Waals surface area (Å²) < 4.78 is 7.71. The van der Waals surface area contributed by atoms with Crippen LogP contribution in [0.3, 0.4) is 0 Å². The van der Waals surface area contributed by atoms with Crippen molar-refractivity contribution in [2.24, 2.45) is 0 Å². The summed E-state index contributed by atoms with van der Waals surface area (Å²) in [6, 6.07) is 116. The Morgan fingerprint density at radius 1 is 0.297 bits per heavy atom. The number of benzene rings is 14. The number of aromatic nitrogens is 6. The highest BCUT2D eigenvalue weighted by molar-refractivity contribution is 7.26. The number of rotatable bonds is 7. The molecule has 0 unspecified atom stereocenters. The lowest BCUT2D eigenvalue weighted by atomic mass is 9.99. The van der Waals surface area contributed by atoms with Gasteiger partial charge in [-0.3, -0.25) is 4.57 Å². The van der Waals surface area contributed by atoms with Gasteiger partial charge in [0.05, 0.1) is 28.3 Å². The number of thiophene rings is 2. The molecular weight excluding hydrogens is 1290 g/mol. The average molecular weight is 1340 g/mol. The largest absolute Gasteiger partial charge is 0.354 e. The van der Waals surface area contributed by atoms with Crippen LogP contribution in [0.1, 0.15) is 0 Å². The Morgan fingerprint density at radius 3 is 1.31 bits per heavy atom. The summed E-state index contributed by atoms with van der Waals surface area (Å²) in [6.07, 6.45) is 0. The Bertz CT molecular complexity index is 6590.